The van der Waals surface area contributed by atoms with Crippen LogP contribution < -0.4 is 0 Å². The second-order valence-electron chi connectivity index (χ2n) is 6.47. The highest BCUT2D eigenvalue weighted by Crippen LogP contribution is 2.24. The molecule has 0 radical (unpaired) electrons. The van der Waals surface area contributed by atoms with Crippen molar-refractivity contribution in [3.05, 3.63) is 28.8 Å². The first-order chi connectivity index (χ1) is 9.62. The van der Waals surface area contributed by atoms with Gasteiger partial charge in [-0.3, -0.25) is 4.90 Å². The molecule has 118 valence electrons. The van der Waals surface area contributed by atoms with E-state index in [1.807, 2.05) is 6.92 Å². The van der Waals surface area contributed by atoms with E-state index in [1.165, 1.54) is 0 Å². The van der Waals surface area contributed by atoms with Crippen LogP contribution >= 0.6 is 11.6 Å². The normalized spacial score (nSPS) is 18.9. The highest BCUT2D eigenvalue weighted by atomic mass is 35.5. The van der Waals surface area contributed by atoms with Crippen molar-refractivity contribution in [2.24, 2.45) is 0 Å². The summed E-state index contributed by atoms with van der Waals surface area (Å²) in [5.41, 5.74) is 0.860. The van der Waals surface area contributed by atoms with Crippen LogP contribution in [-0.4, -0.2) is 49.3 Å². The number of sulfonamides is 1. The Labute approximate surface area is 132 Å². The maximum absolute atomic E-state index is 12.7. The third-order valence-electron chi connectivity index (χ3n) is 3.95. The zero-order chi connectivity index (χ0) is 15.8. The molecule has 4 nitrogen and oxygen atoms in total. The molecule has 0 atom stereocenters. The molecule has 1 aromatic rings. The summed E-state index contributed by atoms with van der Waals surface area (Å²) in [6.45, 7) is 10.9. The van der Waals surface area contributed by atoms with Gasteiger partial charge in [-0.2, -0.15) is 4.31 Å². The van der Waals surface area contributed by atoms with Crippen LogP contribution in [-0.2, 0) is 10.0 Å². The van der Waals surface area contributed by atoms with Crippen LogP contribution in [0.15, 0.2) is 23.1 Å². The van der Waals surface area contributed by atoms with Gasteiger partial charge in [-0.25, -0.2) is 8.42 Å². The molecule has 1 aliphatic heterocycles. The highest BCUT2D eigenvalue weighted by Gasteiger charge is 2.32. The van der Waals surface area contributed by atoms with Crippen molar-refractivity contribution in [2.45, 2.75) is 38.1 Å². The van der Waals surface area contributed by atoms with Crippen molar-refractivity contribution in [1.82, 2.24) is 9.21 Å². The Kier molecular flexibility index (Phi) is 4.69. The minimum atomic E-state index is -3.42. The largest absolute Gasteiger partial charge is 0.296 e. The fourth-order valence-corrected chi connectivity index (χ4v) is 4.15. The summed E-state index contributed by atoms with van der Waals surface area (Å²) >= 11 is 5.97. The van der Waals surface area contributed by atoms with Crippen molar-refractivity contribution >= 4 is 21.6 Å². The summed E-state index contributed by atoms with van der Waals surface area (Å²) < 4.78 is 26.9. The monoisotopic (exact) mass is 330 g/mol. The maximum Gasteiger partial charge on any atom is 0.243 e. The molecule has 0 amide bonds. The Morgan fingerprint density at radius 2 is 1.67 bits per heavy atom. The Morgan fingerprint density at radius 1 is 1.10 bits per heavy atom. The van der Waals surface area contributed by atoms with Gasteiger partial charge < -0.3 is 0 Å². The van der Waals surface area contributed by atoms with E-state index in [0.29, 0.717) is 23.0 Å². The molecule has 0 aliphatic carbocycles. The van der Waals surface area contributed by atoms with E-state index >= 15 is 0 Å². The van der Waals surface area contributed by atoms with E-state index in [4.69, 9.17) is 11.6 Å². The van der Waals surface area contributed by atoms with Gasteiger partial charge in [0.25, 0.3) is 0 Å². The Balaban J connectivity index is 2.17. The Hall–Kier alpha value is -0.620. The molecule has 0 saturated carbocycles. The number of nitrogens with zero attached hydrogens (tertiary/aromatic N) is 2. The van der Waals surface area contributed by atoms with Crippen LogP contribution in [0, 0.1) is 6.92 Å². The van der Waals surface area contributed by atoms with Crippen molar-refractivity contribution in [1.29, 1.82) is 0 Å². The molecule has 1 heterocycles. The van der Waals surface area contributed by atoms with Gasteiger partial charge in [-0.05, 0) is 51.5 Å². The molecule has 1 aliphatic rings. The summed E-state index contributed by atoms with van der Waals surface area (Å²) in [7, 11) is -3.42. The minimum absolute atomic E-state index is 0.0761. The van der Waals surface area contributed by atoms with Crippen LogP contribution in [0.25, 0.3) is 0 Å². The average molecular weight is 331 g/mol. The highest BCUT2D eigenvalue weighted by molar-refractivity contribution is 7.89. The SMILES string of the molecule is Cc1cc(S(=O)(=O)N2CCN(C(C)(C)C)CC2)ccc1Cl. The van der Waals surface area contributed by atoms with E-state index in [1.54, 1.807) is 22.5 Å². The summed E-state index contributed by atoms with van der Waals surface area (Å²) in [6.07, 6.45) is 0. The molecule has 0 unspecified atom stereocenters. The third-order valence-corrected chi connectivity index (χ3v) is 6.27. The first-order valence-electron chi connectivity index (χ1n) is 7.14. The quantitative estimate of drug-likeness (QED) is 0.837. The molecule has 0 spiro atoms. The first kappa shape index (κ1) is 16.7. The maximum atomic E-state index is 12.7. The van der Waals surface area contributed by atoms with Crippen molar-refractivity contribution in [3.63, 3.8) is 0 Å². The van der Waals surface area contributed by atoms with Gasteiger partial charge in [0.2, 0.25) is 10.0 Å². The van der Waals surface area contributed by atoms with Gasteiger partial charge in [-0.1, -0.05) is 11.6 Å². The number of halogens is 1. The fourth-order valence-electron chi connectivity index (χ4n) is 2.53. The standard InChI is InChI=1S/C15H23ClN2O2S/c1-12-11-13(5-6-14(12)16)21(19,20)18-9-7-17(8-10-18)15(2,3)4/h5-6,11H,7-10H2,1-4H3. The van der Waals surface area contributed by atoms with Crippen LogP contribution in [0.1, 0.15) is 26.3 Å². The fraction of sp³-hybridized carbons (Fsp3) is 0.600. The number of benzene rings is 1. The van der Waals surface area contributed by atoms with E-state index in [-0.39, 0.29) is 5.54 Å². The van der Waals surface area contributed by atoms with Crippen molar-refractivity contribution < 1.29 is 8.42 Å². The Bertz CT molecular complexity index is 615. The second kappa shape index (κ2) is 5.88. The van der Waals surface area contributed by atoms with E-state index in [9.17, 15) is 8.42 Å². The molecule has 1 fully saturated rings. The van der Waals surface area contributed by atoms with E-state index in [0.717, 1.165) is 18.7 Å². The lowest BCUT2D eigenvalue weighted by Crippen LogP contribution is -2.54. The minimum Gasteiger partial charge on any atom is -0.296 e. The third kappa shape index (κ3) is 3.59. The zero-order valence-electron chi connectivity index (χ0n) is 13.1. The summed E-state index contributed by atoms with van der Waals surface area (Å²) in [4.78, 5) is 2.64. The number of aryl methyl sites for hydroxylation is 1. The number of piperazine rings is 1. The summed E-state index contributed by atoms with van der Waals surface area (Å²) in [6, 6.07) is 4.88. The molecule has 0 N–H and O–H groups in total. The lowest BCUT2D eigenvalue weighted by Gasteiger charge is -2.41. The van der Waals surface area contributed by atoms with Crippen molar-refractivity contribution in [2.75, 3.05) is 26.2 Å². The molecule has 1 aromatic carbocycles. The molecule has 0 aromatic heterocycles. The zero-order valence-corrected chi connectivity index (χ0v) is 14.6. The molecular weight excluding hydrogens is 308 g/mol. The lowest BCUT2D eigenvalue weighted by atomic mass is 10.1. The van der Waals surface area contributed by atoms with Gasteiger partial charge in [0, 0.05) is 36.7 Å². The second-order valence-corrected chi connectivity index (χ2v) is 8.82. The first-order valence-corrected chi connectivity index (χ1v) is 8.95. The Morgan fingerprint density at radius 3 is 2.14 bits per heavy atom. The van der Waals surface area contributed by atoms with Crippen LogP contribution in [0.5, 0.6) is 0 Å². The van der Waals surface area contributed by atoms with E-state index < -0.39 is 10.0 Å². The van der Waals surface area contributed by atoms with Crippen molar-refractivity contribution in [3.8, 4) is 0 Å². The van der Waals surface area contributed by atoms with Gasteiger partial charge >= 0.3 is 0 Å². The van der Waals surface area contributed by atoms with Gasteiger partial charge in [0.15, 0.2) is 0 Å². The van der Waals surface area contributed by atoms with Crippen LogP contribution in [0.2, 0.25) is 5.02 Å². The van der Waals surface area contributed by atoms with Gasteiger partial charge in [0.05, 0.1) is 4.90 Å². The van der Waals surface area contributed by atoms with Crippen LogP contribution in [0.3, 0.4) is 0 Å². The van der Waals surface area contributed by atoms with Crippen LogP contribution in [0.4, 0.5) is 0 Å². The number of rotatable bonds is 2. The molecule has 21 heavy (non-hydrogen) atoms. The summed E-state index contributed by atoms with van der Waals surface area (Å²) in [5.74, 6) is 0. The molecule has 1 saturated heterocycles. The molecule has 0 bridgehead atoms. The molecular formula is C15H23ClN2O2S. The molecule has 6 heteroatoms. The van der Waals surface area contributed by atoms with E-state index in [2.05, 4.69) is 25.7 Å². The number of hydrogen-bond donors (Lipinski definition) is 0. The van der Waals surface area contributed by atoms with Gasteiger partial charge in [0.1, 0.15) is 0 Å². The molecule has 2 rings (SSSR count). The smallest absolute Gasteiger partial charge is 0.243 e. The lowest BCUT2D eigenvalue weighted by molar-refractivity contribution is 0.0922. The predicted molar refractivity (Wildman–Crippen MR) is 86.3 cm³/mol. The average Bonchev–Trinajstić information content (AvgIpc) is 2.41. The number of hydrogen-bond acceptors (Lipinski definition) is 3. The topological polar surface area (TPSA) is 40.6 Å². The predicted octanol–water partition coefficient (Wildman–Crippen LogP) is 2.75. The summed E-state index contributed by atoms with van der Waals surface area (Å²) in [5, 5.41) is 0.589. The van der Waals surface area contributed by atoms with Gasteiger partial charge in [-0.15, -0.1) is 0 Å².